The molecule has 2 aromatic heterocycles. The maximum Gasteiger partial charge on any atom is 0.281 e. The van der Waals surface area contributed by atoms with Gasteiger partial charge in [0.1, 0.15) is 0 Å². The van der Waals surface area contributed by atoms with Crippen molar-refractivity contribution in [2.75, 3.05) is 5.32 Å². The number of amides is 1. The molecule has 1 amide bonds. The van der Waals surface area contributed by atoms with Crippen molar-refractivity contribution in [1.29, 1.82) is 0 Å². The molecule has 118 valence electrons. The van der Waals surface area contributed by atoms with E-state index in [9.17, 15) is 4.79 Å². The van der Waals surface area contributed by atoms with Crippen LogP contribution < -0.4 is 5.32 Å². The van der Waals surface area contributed by atoms with E-state index in [4.69, 9.17) is 11.6 Å². The molecule has 0 saturated heterocycles. The van der Waals surface area contributed by atoms with Crippen LogP contribution in [0.4, 0.5) is 5.13 Å². The molecule has 0 atom stereocenters. The summed E-state index contributed by atoms with van der Waals surface area (Å²) in [5.74, 6) is -0.417. The summed E-state index contributed by atoms with van der Waals surface area (Å²) >= 11 is 7.58. The Morgan fingerprint density at radius 1 is 1.30 bits per heavy atom. The molecule has 0 saturated carbocycles. The summed E-state index contributed by atoms with van der Waals surface area (Å²) in [7, 11) is 0. The molecule has 3 rings (SSSR count). The van der Waals surface area contributed by atoms with E-state index in [1.54, 1.807) is 0 Å². The first-order valence-electron chi connectivity index (χ1n) is 6.91. The fourth-order valence-corrected chi connectivity index (χ4v) is 2.88. The quantitative estimate of drug-likeness (QED) is 0.785. The number of aromatic nitrogens is 4. The molecule has 2 heterocycles. The lowest BCUT2D eigenvalue weighted by atomic mass is 10.1. The van der Waals surface area contributed by atoms with Crippen LogP contribution in [-0.2, 0) is 6.54 Å². The molecule has 0 aliphatic rings. The van der Waals surface area contributed by atoms with E-state index in [0.29, 0.717) is 11.7 Å². The molecule has 0 fully saturated rings. The van der Waals surface area contributed by atoms with Crippen LogP contribution in [0.15, 0.2) is 29.6 Å². The van der Waals surface area contributed by atoms with Crippen molar-refractivity contribution in [3.05, 3.63) is 57.3 Å². The second kappa shape index (κ2) is 6.47. The fourth-order valence-electron chi connectivity index (χ4n) is 1.98. The molecule has 0 aliphatic heterocycles. The monoisotopic (exact) mass is 347 g/mol. The molecule has 0 unspecified atom stereocenters. The van der Waals surface area contributed by atoms with E-state index < -0.39 is 5.91 Å². The minimum Gasteiger partial charge on any atom is -0.296 e. The number of aryl methyl sites for hydroxylation is 2. The summed E-state index contributed by atoms with van der Waals surface area (Å²) in [6.07, 6.45) is 0. The second-order valence-electron chi connectivity index (χ2n) is 5.12. The average Bonchev–Trinajstić information content (AvgIpc) is 3.08. The molecule has 6 nitrogen and oxygen atoms in total. The van der Waals surface area contributed by atoms with Crippen LogP contribution in [0.5, 0.6) is 0 Å². The molecule has 0 bridgehead atoms. The van der Waals surface area contributed by atoms with Gasteiger partial charge in [-0.2, -0.15) is 0 Å². The number of rotatable bonds is 4. The summed E-state index contributed by atoms with van der Waals surface area (Å²) in [5.41, 5.74) is 3.15. The summed E-state index contributed by atoms with van der Waals surface area (Å²) in [5, 5.41) is 13.1. The van der Waals surface area contributed by atoms with Crippen LogP contribution in [0.3, 0.4) is 0 Å². The van der Waals surface area contributed by atoms with E-state index >= 15 is 0 Å². The van der Waals surface area contributed by atoms with Gasteiger partial charge in [-0.05, 0) is 19.4 Å². The molecule has 23 heavy (non-hydrogen) atoms. The normalized spacial score (nSPS) is 10.7. The van der Waals surface area contributed by atoms with Crippen LogP contribution in [0, 0.1) is 13.8 Å². The molecule has 1 aromatic carbocycles. The number of carbonyl (C=O) groups is 1. The van der Waals surface area contributed by atoms with Crippen molar-refractivity contribution in [3.63, 3.8) is 0 Å². The largest absolute Gasteiger partial charge is 0.296 e. The summed E-state index contributed by atoms with van der Waals surface area (Å²) in [6, 6.07) is 8.01. The number of thiazole rings is 1. The maximum absolute atomic E-state index is 12.2. The van der Waals surface area contributed by atoms with Gasteiger partial charge < -0.3 is 0 Å². The zero-order valence-corrected chi connectivity index (χ0v) is 14.1. The maximum atomic E-state index is 12.2. The Kier molecular flexibility index (Phi) is 4.40. The first-order valence-corrected chi connectivity index (χ1v) is 8.16. The standard InChI is InChI=1S/C15H14ClN5OS/c1-9-3-5-11(6-4-9)7-21-13(16)12(19-20-21)14(22)18-15-17-10(2)8-23-15/h3-6,8H,7H2,1-2H3,(H,17,18,22). The lowest BCUT2D eigenvalue weighted by Gasteiger charge is -2.03. The highest BCUT2D eigenvalue weighted by Crippen LogP contribution is 2.19. The smallest absolute Gasteiger partial charge is 0.281 e. The third-order valence-electron chi connectivity index (χ3n) is 3.18. The molecular formula is C15H14ClN5OS. The van der Waals surface area contributed by atoms with Crippen molar-refractivity contribution in [2.45, 2.75) is 20.4 Å². The number of nitrogens with zero attached hydrogens (tertiary/aromatic N) is 4. The van der Waals surface area contributed by atoms with Crippen molar-refractivity contribution < 1.29 is 4.79 Å². The molecule has 0 aliphatic carbocycles. The third-order valence-corrected chi connectivity index (χ3v) is 4.43. The van der Waals surface area contributed by atoms with E-state index in [1.807, 2.05) is 43.5 Å². The predicted molar refractivity (Wildman–Crippen MR) is 90.1 cm³/mol. The van der Waals surface area contributed by atoms with Gasteiger partial charge in [0, 0.05) is 5.38 Å². The Morgan fingerprint density at radius 2 is 2.04 bits per heavy atom. The lowest BCUT2D eigenvalue weighted by molar-refractivity contribution is 0.102. The van der Waals surface area contributed by atoms with Gasteiger partial charge in [0.15, 0.2) is 16.0 Å². The number of benzene rings is 1. The third kappa shape index (κ3) is 3.57. The Balaban J connectivity index is 1.75. The number of carbonyl (C=O) groups excluding carboxylic acids is 1. The van der Waals surface area contributed by atoms with Gasteiger partial charge in [-0.1, -0.05) is 46.6 Å². The van der Waals surface area contributed by atoms with Gasteiger partial charge in [0.2, 0.25) is 0 Å². The van der Waals surface area contributed by atoms with Crippen molar-refractivity contribution in [1.82, 2.24) is 20.0 Å². The van der Waals surface area contributed by atoms with Gasteiger partial charge in [0.25, 0.3) is 5.91 Å². The van der Waals surface area contributed by atoms with Crippen LogP contribution in [0.1, 0.15) is 27.3 Å². The number of hydrogen-bond donors (Lipinski definition) is 1. The van der Waals surface area contributed by atoms with Gasteiger partial charge in [-0.3, -0.25) is 10.1 Å². The topological polar surface area (TPSA) is 72.7 Å². The van der Waals surface area contributed by atoms with Crippen molar-refractivity contribution >= 4 is 34.0 Å². The zero-order valence-electron chi connectivity index (χ0n) is 12.6. The minimum atomic E-state index is -0.417. The second-order valence-corrected chi connectivity index (χ2v) is 6.34. The Labute approximate surface area is 142 Å². The fraction of sp³-hybridized carbons (Fsp3) is 0.200. The number of hydrogen-bond acceptors (Lipinski definition) is 5. The van der Waals surface area contributed by atoms with Gasteiger partial charge in [0.05, 0.1) is 12.2 Å². The first-order chi connectivity index (χ1) is 11.0. The molecule has 3 aromatic rings. The summed E-state index contributed by atoms with van der Waals surface area (Å²) in [4.78, 5) is 16.4. The summed E-state index contributed by atoms with van der Waals surface area (Å²) in [6.45, 7) is 4.34. The van der Waals surface area contributed by atoms with E-state index in [0.717, 1.165) is 11.3 Å². The average molecular weight is 348 g/mol. The van der Waals surface area contributed by atoms with E-state index in [1.165, 1.54) is 21.6 Å². The highest BCUT2D eigenvalue weighted by molar-refractivity contribution is 7.13. The Hall–Kier alpha value is -2.25. The van der Waals surface area contributed by atoms with E-state index in [2.05, 4.69) is 20.6 Å². The van der Waals surface area contributed by atoms with E-state index in [-0.39, 0.29) is 10.8 Å². The predicted octanol–water partition coefficient (Wildman–Crippen LogP) is 3.31. The lowest BCUT2D eigenvalue weighted by Crippen LogP contribution is -2.13. The first kappa shape index (κ1) is 15.6. The molecule has 8 heteroatoms. The van der Waals surface area contributed by atoms with Crippen molar-refractivity contribution in [2.24, 2.45) is 0 Å². The van der Waals surface area contributed by atoms with Gasteiger partial charge in [-0.15, -0.1) is 16.4 Å². The number of halogens is 1. The molecule has 0 radical (unpaired) electrons. The highest BCUT2D eigenvalue weighted by Gasteiger charge is 2.19. The summed E-state index contributed by atoms with van der Waals surface area (Å²) < 4.78 is 1.49. The van der Waals surface area contributed by atoms with Crippen LogP contribution >= 0.6 is 22.9 Å². The molecule has 1 N–H and O–H groups in total. The zero-order chi connectivity index (χ0) is 16.4. The SMILES string of the molecule is Cc1ccc(Cn2nnc(C(=O)Nc3nc(C)cs3)c2Cl)cc1. The van der Waals surface area contributed by atoms with Crippen LogP contribution in [0.2, 0.25) is 5.15 Å². The number of anilines is 1. The highest BCUT2D eigenvalue weighted by atomic mass is 35.5. The van der Waals surface area contributed by atoms with Crippen LogP contribution in [0.25, 0.3) is 0 Å². The Bertz CT molecular complexity index is 840. The van der Waals surface area contributed by atoms with Crippen molar-refractivity contribution in [3.8, 4) is 0 Å². The van der Waals surface area contributed by atoms with Crippen LogP contribution in [-0.4, -0.2) is 25.9 Å². The number of nitrogens with one attached hydrogen (secondary N) is 1. The Morgan fingerprint density at radius 3 is 2.70 bits per heavy atom. The van der Waals surface area contributed by atoms with Gasteiger partial charge >= 0.3 is 0 Å². The minimum absolute atomic E-state index is 0.0895. The van der Waals surface area contributed by atoms with Gasteiger partial charge in [-0.25, -0.2) is 9.67 Å². The molecular weight excluding hydrogens is 334 g/mol. The molecule has 0 spiro atoms.